The van der Waals surface area contributed by atoms with Crippen molar-refractivity contribution in [3.8, 4) is 5.75 Å². The van der Waals surface area contributed by atoms with E-state index in [4.69, 9.17) is 9.47 Å². The number of nitrogens with zero attached hydrogens (tertiary/aromatic N) is 1. The zero-order valence-electron chi connectivity index (χ0n) is 17.6. The molecule has 0 radical (unpaired) electrons. The molecule has 0 atom stereocenters. The number of nitrogens with one attached hydrogen (secondary N) is 1. The molecule has 0 aliphatic rings. The monoisotopic (exact) mass is 412 g/mol. The number of benzene rings is 2. The maximum atomic E-state index is 12.1. The highest BCUT2D eigenvalue weighted by Gasteiger charge is 2.15. The van der Waals surface area contributed by atoms with E-state index in [1.165, 1.54) is 11.9 Å². The molecule has 1 N–H and O–H groups in total. The van der Waals surface area contributed by atoms with Crippen molar-refractivity contribution in [2.45, 2.75) is 26.7 Å². The van der Waals surface area contributed by atoms with Crippen molar-refractivity contribution in [3.63, 3.8) is 0 Å². The molecule has 2 amide bonds. The highest BCUT2D eigenvalue weighted by molar-refractivity contribution is 5.94. The van der Waals surface area contributed by atoms with Crippen LogP contribution in [0.3, 0.4) is 0 Å². The van der Waals surface area contributed by atoms with Crippen LogP contribution in [0.15, 0.2) is 48.5 Å². The molecule has 7 nitrogen and oxygen atoms in total. The number of amides is 2. The van der Waals surface area contributed by atoms with Gasteiger partial charge in [0, 0.05) is 19.2 Å². The van der Waals surface area contributed by atoms with Crippen LogP contribution in [0, 0.1) is 13.8 Å². The summed E-state index contributed by atoms with van der Waals surface area (Å²) in [7, 11) is 1.49. The third-order valence-corrected chi connectivity index (χ3v) is 4.28. The molecule has 2 aromatic carbocycles. The van der Waals surface area contributed by atoms with E-state index in [0.717, 1.165) is 16.9 Å². The van der Waals surface area contributed by atoms with Crippen molar-refractivity contribution >= 4 is 23.5 Å². The van der Waals surface area contributed by atoms with Gasteiger partial charge in [0.2, 0.25) is 5.91 Å². The fraction of sp³-hybridized carbons (Fsp3) is 0.348. The highest BCUT2D eigenvalue weighted by Crippen LogP contribution is 2.13. The summed E-state index contributed by atoms with van der Waals surface area (Å²) < 4.78 is 10.6. The predicted molar refractivity (Wildman–Crippen MR) is 114 cm³/mol. The number of carbonyl (C=O) groups is 3. The average molecular weight is 412 g/mol. The molecule has 2 aromatic rings. The zero-order chi connectivity index (χ0) is 21.9. The largest absolute Gasteiger partial charge is 0.494 e. The van der Waals surface area contributed by atoms with Crippen LogP contribution < -0.4 is 10.1 Å². The summed E-state index contributed by atoms with van der Waals surface area (Å²) in [5.74, 6) is -0.495. The molecular formula is C23H28N2O5. The van der Waals surface area contributed by atoms with E-state index in [1.807, 2.05) is 50.2 Å². The van der Waals surface area contributed by atoms with Crippen molar-refractivity contribution in [2.24, 2.45) is 0 Å². The van der Waals surface area contributed by atoms with Gasteiger partial charge >= 0.3 is 5.97 Å². The number of hydrogen-bond acceptors (Lipinski definition) is 5. The van der Waals surface area contributed by atoms with Crippen LogP contribution in [-0.2, 0) is 19.1 Å². The molecule has 0 aromatic heterocycles. The molecule has 7 heteroatoms. The van der Waals surface area contributed by atoms with E-state index in [2.05, 4.69) is 5.32 Å². The number of esters is 1. The summed E-state index contributed by atoms with van der Waals surface area (Å²) in [5, 5.41) is 2.72. The van der Waals surface area contributed by atoms with E-state index in [0.29, 0.717) is 18.7 Å². The minimum Gasteiger partial charge on any atom is -0.494 e. The number of hydrogen-bond donors (Lipinski definition) is 1. The lowest BCUT2D eigenvalue weighted by atomic mass is 10.2. The number of likely N-dealkylation sites (N-methyl/N-ethyl adjacent to an activating group) is 1. The van der Waals surface area contributed by atoms with E-state index in [9.17, 15) is 14.4 Å². The number of carbonyl (C=O) groups excluding carboxylic acids is 3. The molecule has 2 rings (SSSR count). The maximum Gasteiger partial charge on any atom is 0.306 e. The van der Waals surface area contributed by atoms with Gasteiger partial charge in [-0.25, -0.2) is 0 Å². The van der Waals surface area contributed by atoms with Crippen molar-refractivity contribution < 1.29 is 23.9 Å². The molecule has 0 fully saturated rings. The fourth-order valence-electron chi connectivity index (χ4n) is 2.58. The van der Waals surface area contributed by atoms with Gasteiger partial charge in [-0.15, -0.1) is 0 Å². The molecule has 30 heavy (non-hydrogen) atoms. The zero-order valence-corrected chi connectivity index (χ0v) is 17.6. The Balaban J connectivity index is 1.61. The Labute approximate surface area is 177 Å². The normalized spacial score (nSPS) is 10.2. The van der Waals surface area contributed by atoms with Gasteiger partial charge in [0.25, 0.3) is 5.91 Å². The molecule has 0 aliphatic carbocycles. The SMILES string of the molecule is Cc1ccc(NC(=O)CN(C)C(=O)COC(=O)CCCOc2cccc(C)c2)cc1. The van der Waals surface area contributed by atoms with Crippen LogP contribution in [-0.4, -0.2) is 49.5 Å². The Hall–Kier alpha value is -3.35. The number of anilines is 1. The van der Waals surface area contributed by atoms with E-state index in [1.54, 1.807) is 12.1 Å². The summed E-state index contributed by atoms with van der Waals surface area (Å²) in [5.41, 5.74) is 2.84. The van der Waals surface area contributed by atoms with Crippen LogP contribution >= 0.6 is 0 Å². The second-order valence-electron chi connectivity index (χ2n) is 7.09. The molecule has 0 saturated heterocycles. The minimum absolute atomic E-state index is 0.130. The number of aryl methyl sites for hydroxylation is 2. The lowest BCUT2D eigenvalue weighted by Gasteiger charge is -2.17. The van der Waals surface area contributed by atoms with E-state index >= 15 is 0 Å². The summed E-state index contributed by atoms with van der Waals surface area (Å²) in [6.45, 7) is 3.78. The average Bonchev–Trinajstić information content (AvgIpc) is 2.71. The molecule has 0 heterocycles. The molecular weight excluding hydrogens is 384 g/mol. The van der Waals surface area contributed by atoms with Crippen LogP contribution in [0.25, 0.3) is 0 Å². The first-order valence-corrected chi connectivity index (χ1v) is 9.79. The highest BCUT2D eigenvalue weighted by atomic mass is 16.5. The Morgan fingerprint density at radius 3 is 2.43 bits per heavy atom. The number of rotatable bonds is 10. The van der Waals surface area contributed by atoms with Crippen molar-refractivity contribution in [1.29, 1.82) is 0 Å². The van der Waals surface area contributed by atoms with Gasteiger partial charge in [0.15, 0.2) is 6.61 Å². The Kier molecular flexibility index (Phi) is 8.87. The quantitative estimate of drug-likeness (QED) is 0.479. The molecule has 0 aliphatic heterocycles. The first-order valence-electron chi connectivity index (χ1n) is 9.79. The first-order chi connectivity index (χ1) is 14.3. The smallest absolute Gasteiger partial charge is 0.306 e. The van der Waals surface area contributed by atoms with E-state index in [-0.39, 0.29) is 18.9 Å². The number of ether oxygens (including phenoxy) is 2. The first kappa shape index (κ1) is 22.9. The van der Waals surface area contributed by atoms with Gasteiger partial charge in [-0.2, -0.15) is 0 Å². The van der Waals surface area contributed by atoms with Gasteiger partial charge in [0.1, 0.15) is 5.75 Å². The van der Waals surface area contributed by atoms with Crippen molar-refractivity contribution in [1.82, 2.24) is 4.90 Å². The van der Waals surface area contributed by atoms with Gasteiger partial charge in [-0.05, 0) is 50.1 Å². The van der Waals surface area contributed by atoms with Crippen LogP contribution in [0.5, 0.6) is 5.75 Å². The van der Waals surface area contributed by atoms with Gasteiger partial charge < -0.3 is 19.7 Å². The van der Waals surface area contributed by atoms with Crippen molar-refractivity contribution in [3.05, 3.63) is 59.7 Å². The molecule has 0 unspecified atom stereocenters. The Morgan fingerprint density at radius 2 is 1.73 bits per heavy atom. The summed E-state index contributed by atoms with van der Waals surface area (Å²) in [6.07, 6.45) is 0.631. The Bertz CT molecular complexity index is 864. The van der Waals surface area contributed by atoms with Crippen LogP contribution in [0.2, 0.25) is 0 Å². The van der Waals surface area contributed by atoms with E-state index < -0.39 is 18.5 Å². The second kappa shape index (κ2) is 11.6. The predicted octanol–water partition coefficient (Wildman–Crippen LogP) is 3.10. The summed E-state index contributed by atoms with van der Waals surface area (Å²) in [6, 6.07) is 15.0. The van der Waals surface area contributed by atoms with Gasteiger partial charge in [0.05, 0.1) is 13.2 Å². The third-order valence-electron chi connectivity index (χ3n) is 4.28. The van der Waals surface area contributed by atoms with Crippen LogP contribution in [0.4, 0.5) is 5.69 Å². The summed E-state index contributed by atoms with van der Waals surface area (Å²) >= 11 is 0. The lowest BCUT2D eigenvalue weighted by molar-refractivity contribution is -0.152. The Morgan fingerprint density at radius 1 is 1.00 bits per heavy atom. The minimum atomic E-state index is -0.478. The topological polar surface area (TPSA) is 84.9 Å². The van der Waals surface area contributed by atoms with Gasteiger partial charge in [-0.1, -0.05) is 29.8 Å². The molecule has 0 bridgehead atoms. The maximum absolute atomic E-state index is 12.1. The fourth-order valence-corrected chi connectivity index (χ4v) is 2.58. The standard InChI is InChI=1S/C23H28N2O5/c1-17-9-11-19(12-10-17)24-21(26)15-25(3)22(27)16-30-23(28)8-5-13-29-20-7-4-6-18(2)14-20/h4,6-7,9-12,14H,5,8,13,15-16H2,1-3H3,(H,24,26). The lowest BCUT2D eigenvalue weighted by Crippen LogP contribution is -2.37. The molecule has 160 valence electrons. The van der Waals surface area contributed by atoms with Crippen molar-refractivity contribution in [2.75, 3.05) is 32.1 Å². The van der Waals surface area contributed by atoms with Crippen LogP contribution in [0.1, 0.15) is 24.0 Å². The molecule has 0 saturated carbocycles. The third kappa shape index (κ3) is 8.34. The van der Waals surface area contributed by atoms with Gasteiger partial charge in [-0.3, -0.25) is 14.4 Å². The molecule has 0 spiro atoms. The summed E-state index contributed by atoms with van der Waals surface area (Å²) in [4.78, 5) is 37.1. The second-order valence-corrected chi connectivity index (χ2v) is 7.09.